The lowest BCUT2D eigenvalue weighted by Crippen LogP contribution is -2.22. The van der Waals surface area contributed by atoms with Crippen molar-refractivity contribution in [2.24, 2.45) is 0 Å². The topological polar surface area (TPSA) is 71.2 Å². The molecule has 0 bridgehead atoms. The number of aromatic nitrogens is 4. The first-order valence-corrected chi connectivity index (χ1v) is 22.4. The highest BCUT2D eigenvalue weighted by Crippen LogP contribution is 2.35. The first-order chi connectivity index (χ1) is 20.5. The predicted octanol–water partition coefficient (Wildman–Crippen LogP) is 8.68. The molecule has 0 amide bonds. The third-order valence-electron chi connectivity index (χ3n) is 6.99. The number of pyridine rings is 1. The average Bonchev–Trinajstić information content (AvgIpc) is 3.51. The average molecular weight is 714 g/mol. The Kier molecular flexibility index (Phi) is 10.4. The molecule has 0 aliphatic heterocycles. The van der Waals surface area contributed by atoms with Gasteiger partial charge in [-0.2, -0.15) is 13.2 Å². The number of hydrogen-bond donors (Lipinski definition) is 0. The van der Waals surface area contributed by atoms with Gasteiger partial charge in [-0.1, -0.05) is 57.5 Å². The second-order valence-corrected chi connectivity index (χ2v) is 25.1. The molecule has 0 N–H and O–H groups in total. The Morgan fingerprint density at radius 2 is 1.59 bits per heavy atom. The number of carbonyl (C=O) groups excluding carboxylic acids is 1. The molecule has 0 saturated heterocycles. The lowest BCUT2D eigenvalue weighted by Gasteiger charge is -2.17. The van der Waals surface area contributed by atoms with Crippen LogP contribution in [0.1, 0.15) is 21.5 Å². The number of carbonyl (C=O) groups is 1. The molecular weight excluding hydrogens is 676 g/mol. The molecule has 0 aliphatic carbocycles. The maximum Gasteiger partial charge on any atom is 0.417 e. The number of hydrogen-bond acceptors (Lipinski definition) is 5. The van der Waals surface area contributed by atoms with Crippen molar-refractivity contribution in [1.82, 2.24) is 19.1 Å². The molecule has 238 valence electrons. The first kappa shape index (κ1) is 34.2. The minimum Gasteiger partial charge on any atom is -0.361 e. The molecule has 44 heavy (non-hydrogen) atoms. The van der Waals surface area contributed by atoms with Gasteiger partial charge in [0, 0.05) is 46.7 Å². The van der Waals surface area contributed by atoms with Gasteiger partial charge in [-0.3, -0.25) is 9.36 Å². The number of nitrogens with zero attached hydrogens (tertiary/aromatic N) is 4. The van der Waals surface area contributed by atoms with E-state index < -0.39 is 45.1 Å². The maximum absolute atomic E-state index is 15.5. The number of ether oxygens (including phenoxy) is 2. The minimum atomic E-state index is -4.71. The van der Waals surface area contributed by atoms with Crippen molar-refractivity contribution < 1.29 is 31.8 Å². The standard InChI is InChI=1S/C30H37BrF4N4O3Si2/c1-43(2,3)13-11-41-18-38-17-20(27(40)21-9-7-8-10-22(21)30(33,34)35)15-24(38)29-37-23-16-36-28(31)25(32)26(23)39(29)19-42-12-14-44(4,5)6/h7-10,15-17H,11-14,18-19H2,1-6H3. The molecule has 0 spiro atoms. The molecule has 0 atom stereocenters. The summed E-state index contributed by atoms with van der Waals surface area (Å²) >= 11 is 3.15. The Morgan fingerprint density at radius 1 is 0.977 bits per heavy atom. The third-order valence-corrected chi connectivity index (χ3v) is 11.0. The van der Waals surface area contributed by atoms with Crippen LogP contribution >= 0.6 is 15.9 Å². The molecule has 0 aliphatic rings. The minimum absolute atomic E-state index is 0.00415. The lowest BCUT2D eigenvalue weighted by atomic mass is 9.99. The van der Waals surface area contributed by atoms with Crippen LogP contribution in [0.25, 0.3) is 22.6 Å². The van der Waals surface area contributed by atoms with E-state index in [1.54, 1.807) is 9.13 Å². The van der Waals surface area contributed by atoms with Crippen molar-refractivity contribution >= 4 is 48.9 Å². The fourth-order valence-corrected chi connectivity index (χ4v) is 6.28. The fourth-order valence-electron chi connectivity index (χ4n) is 4.47. The maximum atomic E-state index is 15.5. The number of imidazole rings is 1. The SMILES string of the molecule is C[Si](C)(C)CCOCn1cc(C(=O)c2ccccc2C(F)(F)F)cc1-c1nc2cnc(Br)c(F)c2n1COCC[Si](C)(C)C. The summed E-state index contributed by atoms with van der Waals surface area (Å²) in [5.41, 5.74) is -0.693. The number of fused-ring (bicyclic) bond motifs is 1. The summed E-state index contributed by atoms with van der Waals surface area (Å²) in [7, 11) is -2.82. The summed E-state index contributed by atoms with van der Waals surface area (Å²) in [6.07, 6.45) is -1.83. The summed E-state index contributed by atoms with van der Waals surface area (Å²) in [5.74, 6) is -1.16. The van der Waals surface area contributed by atoms with Gasteiger partial charge in [0.15, 0.2) is 17.4 Å². The lowest BCUT2D eigenvalue weighted by molar-refractivity contribution is -0.137. The summed E-state index contributed by atoms with van der Waals surface area (Å²) < 4.78 is 72.0. The van der Waals surface area contributed by atoms with Gasteiger partial charge in [0.2, 0.25) is 0 Å². The molecule has 3 heterocycles. The Morgan fingerprint density at radius 3 is 2.20 bits per heavy atom. The predicted molar refractivity (Wildman–Crippen MR) is 172 cm³/mol. The van der Waals surface area contributed by atoms with Gasteiger partial charge in [0.05, 0.1) is 17.5 Å². The summed E-state index contributed by atoms with van der Waals surface area (Å²) in [6, 6.07) is 7.93. The molecule has 4 rings (SSSR count). The van der Waals surface area contributed by atoms with Crippen LogP contribution in [0.15, 0.2) is 47.3 Å². The van der Waals surface area contributed by atoms with E-state index in [2.05, 4.69) is 65.2 Å². The van der Waals surface area contributed by atoms with Crippen LogP contribution < -0.4 is 0 Å². The van der Waals surface area contributed by atoms with E-state index in [0.717, 1.165) is 24.2 Å². The van der Waals surface area contributed by atoms with Crippen molar-refractivity contribution in [3.05, 3.63) is 69.8 Å². The van der Waals surface area contributed by atoms with Crippen molar-refractivity contribution in [1.29, 1.82) is 0 Å². The third kappa shape index (κ3) is 8.33. The van der Waals surface area contributed by atoms with Crippen LogP contribution in [0.4, 0.5) is 17.6 Å². The Bertz CT molecular complexity index is 1640. The van der Waals surface area contributed by atoms with E-state index in [1.807, 2.05) is 0 Å². The molecular formula is C30H37BrF4N4O3Si2. The highest BCUT2D eigenvalue weighted by Gasteiger charge is 2.35. The normalized spacial score (nSPS) is 12.8. The van der Waals surface area contributed by atoms with Crippen LogP contribution in [-0.4, -0.2) is 54.2 Å². The monoisotopic (exact) mass is 712 g/mol. The largest absolute Gasteiger partial charge is 0.417 e. The van der Waals surface area contributed by atoms with E-state index in [-0.39, 0.29) is 40.5 Å². The summed E-state index contributed by atoms with van der Waals surface area (Å²) in [5, 5.41) is 0. The second kappa shape index (κ2) is 13.4. The molecule has 0 saturated carbocycles. The van der Waals surface area contributed by atoms with Gasteiger partial charge in [0.1, 0.15) is 29.1 Å². The molecule has 4 aromatic rings. The van der Waals surface area contributed by atoms with Crippen LogP contribution in [0.2, 0.25) is 51.4 Å². The summed E-state index contributed by atoms with van der Waals surface area (Å²) in [4.78, 5) is 22.2. The Balaban J connectivity index is 1.82. The van der Waals surface area contributed by atoms with Crippen LogP contribution in [-0.2, 0) is 29.1 Å². The molecule has 0 radical (unpaired) electrons. The van der Waals surface area contributed by atoms with Gasteiger partial charge >= 0.3 is 6.18 Å². The number of benzene rings is 1. The van der Waals surface area contributed by atoms with Crippen molar-refractivity contribution in [3.8, 4) is 11.5 Å². The van der Waals surface area contributed by atoms with Crippen molar-refractivity contribution in [2.45, 2.75) is 71.0 Å². The molecule has 0 unspecified atom stereocenters. The quantitative estimate of drug-likeness (QED) is 0.0456. The fraction of sp³-hybridized carbons (Fsp3) is 0.433. The van der Waals surface area contributed by atoms with E-state index in [4.69, 9.17) is 9.47 Å². The number of rotatable bonds is 13. The van der Waals surface area contributed by atoms with Gasteiger partial charge in [-0.15, -0.1) is 0 Å². The van der Waals surface area contributed by atoms with E-state index in [0.29, 0.717) is 18.9 Å². The van der Waals surface area contributed by atoms with Crippen molar-refractivity contribution in [3.63, 3.8) is 0 Å². The molecule has 3 aromatic heterocycles. The van der Waals surface area contributed by atoms with E-state index in [1.165, 1.54) is 30.6 Å². The van der Waals surface area contributed by atoms with Crippen LogP contribution in [0, 0.1) is 5.82 Å². The number of halogens is 5. The summed E-state index contributed by atoms with van der Waals surface area (Å²) in [6.45, 7) is 14.2. The Labute approximate surface area is 264 Å². The molecule has 7 nitrogen and oxygen atoms in total. The second-order valence-electron chi connectivity index (χ2n) is 13.1. The van der Waals surface area contributed by atoms with Crippen LogP contribution in [0.5, 0.6) is 0 Å². The number of alkyl halides is 3. The smallest absolute Gasteiger partial charge is 0.361 e. The van der Waals surface area contributed by atoms with Gasteiger partial charge in [-0.25, -0.2) is 14.4 Å². The molecule has 0 fully saturated rings. The van der Waals surface area contributed by atoms with Gasteiger partial charge in [0.25, 0.3) is 0 Å². The van der Waals surface area contributed by atoms with E-state index >= 15 is 4.39 Å². The molecule has 14 heteroatoms. The Hall–Kier alpha value is -2.66. The molecule has 1 aromatic carbocycles. The zero-order chi connectivity index (χ0) is 32.4. The van der Waals surface area contributed by atoms with Gasteiger partial charge < -0.3 is 14.0 Å². The van der Waals surface area contributed by atoms with Gasteiger partial charge in [-0.05, 0) is 40.2 Å². The zero-order valence-electron chi connectivity index (χ0n) is 25.7. The van der Waals surface area contributed by atoms with Crippen LogP contribution in [0.3, 0.4) is 0 Å². The van der Waals surface area contributed by atoms with E-state index in [9.17, 15) is 18.0 Å². The highest BCUT2D eigenvalue weighted by atomic mass is 79.9. The van der Waals surface area contributed by atoms with Crippen molar-refractivity contribution in [2.75, 3.05) is 13.2 Å². The highest BCUT2D eigenvalue weighted by molar-refractivity contribution is 9.10. The number of ketones is 1. The zero-order valence-corrected chi connectivity index (χ0v) is 29.3. The first-order valence-electron chi connectivity index (χ1n) is 14.2.